The van der Waals surface area contributed by atoms with Gasteiger partial charge < -0.3 is 34.3 Å². The second-order valence-corrected chi connectivity index (χ2v) is 11.7. The van der Waals surface area contributed by atoms with Gasteiger partial charge in [-0.3, -0.25) is 4.79 Å². The van der Waals surface area contributed by atoms with Gasteiger partial charge in [0.15, 0.2) is 5.43 Å². The van der Waals surface area contributed by atoms with Crippen LogP contribution < -0.4 is 14.9 Å². The molecule has 1 aromatic heterocycles. The van der Waals surface area contributed by atoms with Gasteiger partial charge >= 0.3 is 0 Å². The largest absolute Gasteiger partial charge is 0.508 e. The average molecular weight is 523 g/mol. The predicted octanol–water partition coefficient (Wildman–Crippen LogP) is 4.53. The quantitative estimate of drug-likeness (QED) is 0.368. The number of rotatable bonds is 4. The van der Waals surface area contributed by atoms with Crippen LogP contribution in [0, 0.1) is 0 Å². The van der Waals surface area contributed by atoms with Crippen LogP contribution in [-0.2, 0) is 19.3 Å². The van der Waals surface area contributed by atoms with Crippen LogP contribution in [0.5, 0.6) is 23.0 Å². The molecule has 2 aliphatic rings. The molecular weight excluding hydrogens is 488 g/mol. The van der Waals surface area contributed by atoms with Gasteiger partial charge in [0.05, 0.1) is 16.8 Å². The molecular formula is C30H34O8. The maximum absolute atomic E-state index is 14.2. The Hall–Kier alpha value is -3.49. The van der Waals surface area contributed by atoms with E-state index in [-0.39, 0.29) is 52.4 Å². The first-order valence-electron chi connectivity index (χ1n) is 12.8. The van der Waals surface area contributed by atoms with Gasteiger partial charge in [-0.15, -0.1) is 0 Å². The third-order valence-corrected chi connectivity index (χ3v) is 7.36. The summed E-state index contributed by atoms with van der Waals surface area (Å²) in [5.74, 6) is 0.672. The Bertz CT molecular complexity index is 1530. The first-order chi connectivity index (χ1) is 17.7. The summed E-state index contributed by atoms with van der Waals surface area (Å²) in [5, 5.41) is 43.1. The van der Waals surface area contributed by atoms with Crippen LogP contribution in [0.4, 0.5) is 0 Å². The van der Waals surface area contributed by atoms with Crippen LogP contribution in [-0.4, -0.2) is 43.8 Å². The minimum atomic E-state index is -1.33. The summed E-state index contributed by atoms with van der Waals surface area (Å²) in [6.07, 6.45) is 1.18. The zero-order chi connectivity index (χ0) is 27.7. The highest BCUT2D eigenvalue weighted by Crippen LogP contribution is 2.48. The van der Waals surface area contributed by atoms with Gasteiger partial charge in [0, 0.05) is 35.6 Å². The van der Waals surface area contributed by atoms with Gasteiger partial charge in [-0.25, -0.2) is 0 Å². The van der Waals surface area contributed by atoms with E-state index in [0.717, 1.165) is 5.57 Å². The summed E-state index contributed by atoms with van der Waals surface area (Å²) in [6.45, 7) is 10.4. The number of phenolic OH excluding ortho intramolecular Hbond substituents is 2. The smallest absolute Gasteiger partial charge is 0.200 e. The Morgan fingerprint density at radius 3 is 2.26 bits per heavy atom. The minimum absolute atomic E-state index is 0.0230. The second-order valence-electron chi connectivity index (χ2n) is 11.7. The van der Waals surface area contributed by atoms with Crippen molar-refractivity contribution in [3.8, 4) is 34.3 Å². The zero-order valence-corrected chi connectivity index (χ0v) is 22.5. The fourth-order valence-electron chi connectivity index (χ4n) is 5.10. The molecule has 2 aromatic carbocycles. The van der Waals surface area contributed by atoms with Gasteiger partial charge in [0.1, 0.15) is 51.9 Å². The van der Waals surface area contributed by atoms with Crippen LogP contribution in [0.15, 0.2) is 39.1 Å². The standard InChI is InChI=1S/C30H34O8/c1-14(2)7-9-17-27-19(13-22(37-27)30(5,6)35)25(33)23-24(32)18-12-21(29(3,4)34)36-20-11-15(31)8-10-16(20)26(18)38-28(17)23/h7-8,10-11,21-22,31,33-35H,9,12-13H2,1-6H3/t21-,22+/m1/s1. The molecule has 38 heavy (non-hydrogen) atoms. The van der Waals surface area contributed by atoms with E-state index >= 15 is 0 Å². The molecule has 5 rings (SSSR count). The fourth-order valence-corrected chi connectivity index (χ4v) is 5.10. The molecule has 2 aliphatic heterocycles. The highest BCUT2D eigenvalue weighted by atomic mass is 16.5. The number of allylic oxidation sites excluding steroid dienone is 2. The lowest BCUT2D eigenvalue weighted by atomic mass is 9.91. The number of aromatic hydroxyl groups is 2. The molecule has 202 valence electrons. The van der Waals surface area contributed by atoms with Crippen molar-refractivity contribution in [2.45, 2.75) is 84.2 Å². The highest BCUT2D eigenvalue weighted by Gasteiger charge is 2.41. The van der Waals surface area contributed by atoms with E-state index < -0.39 is 28.8 Å². The van der Waals surface area contributed by atoms with Gasteiger partial charge in [-0.2, -0.15) is 0 Å². The van der Waals surface area contributed by atoms with Crippen LogP contribution in [0.3, 0.4) is 0 Å². The Morgan fingerprint density at radius 2 is 1.63 bits per heavy atom. The maximum Gasteiger partial charge on any atom is 0.200 e. The molecule has 0 saturated carbocycles. The van der Waals surface area contributed by atoms with Crippen LogP contribution in [0.1, 0.15) is 58.2 Å². The summed E-state index contributed by atoms with van der Waals surface area (Å²) in [4.78, 5) is 14.2. The van der Waals surface area contributed by atoms with E-state index in [2.05, 4.69) is 0 Å². The van der Waals surface area contributed by atoms with E-state index in [9.17, 15) is 25.2 Å². The molecule has 0 bridgehead atoms. The Morgan fingerprint density at radius 1 is 1.00 bits per heavy atom. The summed E-state index contributed by atoms with van der Waals surface area (Å²) >= 11 is 0. The molecule has 3 aromatic rings. The molecule has 3 heterocycles. The second kappa shape index (κ2) is 8.78. The Balaban J connectivity index is 1.87. The molecule has 0 aliphatic carbocycles. The van der Waals surface area contributed by atoms with Crippen molar-refractivity contribution in [2.75, 3.05) is 0 Å². The molecule has 4 N–H and O–H groups in total. The monoisotopic (exact) mass is 522 g/mol. The Labute approximate surface area is 220 Å². The SMILES string of the molecule is CC(C)=CCc1c2c(c(O)c3c(=O)c4c(oc13)-c1ccc(O)cc1O[C@@H](C(C)(C)O)C4)C[C@@H](C(C)(C)O)O2. The first-order valence-corrected chi connectivity index (χ1v) is 12.8. The number of hydrogen-bond donors (Lipinski definition) is 4. The van der Waals surface area contributed by atoms with E-state index in [4.69, 9.17) is 13.9 Å². The summed E-state index contributed by atoms with van der Waals surface area (Å²) in [6, 6.07) is 4.51. The molecule has 8 heteroatoms. The normalized spacial score (nSPS) is 18.6. The van der Waals surface area contributed by atoms with Crippen molar-refractivity contribution < 1.29 is 34.3 Å². The van der Waals surface area contributed by atoms with Crippen molar-refractivity contribution >= 4 is 11.0 Å². The molecule has 0 amide bonds. The van der Waals surface area contributed by atoms with E-state index in [1.165, 1.54) is 12.1 Å². The number of phenols is 2. The maximum atomic E-state index is 14.2. The summed E-state index contributed by atoms with van der Waals surface area (Å²) < 4.78 is 18.8. The van der Waals surface area contributed by atoms with Crippen molar-refractivity contribution in [1.29, 1.82) is 0 Å². The van der Waals surface area contributed by atoms with Crippen molar-refractivity contribution in [2.24, 2.45) is 0 Å². The molecule has 0 spiro atoms. The van der Waals surface area contributed by atoms with Gasteiger partial charge in [0.25, 0.3) is 0 Å². The van der Waals surface area contributed by atoms with E-state index in [1.807, 2.05) is 19.9 Å². The number of benzene rings is 2. The van der Waals surface area contributed by atoms with E-state index in [0.29, 0.717) is 28.9 Å². The van der Waals surface area contributed by atoms with Crippen molar-refractivity contribution in [1.82, 2.24) is 0 Å². The molecule has 0 unspecified atom stereocenters. The topological polar surface area (TPSA) is 130 Å². The van der Waals surface area contributed by atoms with Crippen LogP contribution >= 0.6 is 0 Å². The highest BCUT2D eigenvalue weighted by molar-refractivity contribution is 5.93. The fraction of sp³-hybridized carbons (Fsp3) is 0.433. The Kier molecular flexibility index (Phi) is 6.04. The van der Waals surface area contributed by atoms with Gasteiger partial charge in [-0.1, -0.05) is 11.6 Å². The lowest BCUT2D eigenvalue weighted by Gasteiger charge is -2.28. The molecule has 2 atom stereocenters. The summed E-state index contributed by atoms with van der Waals surface area (Å²) in [5.41, 5.74) is 0.0871. The molecule has 8 nitrogen and oxygen atoms in total. The van der Waals surface area contributed by atoms with Crippen LogP contribution in [0.25, 0.3) is 22.3 Å². The first kappa shape index (κ1) is 26.1. The number of hydrogen-bond acceptors (Lipinski definition) is 8. The zero-order valence-electron chi connectivity index (χ0n) is 22.5. The lowest BCUT2D eigenvalue weighted by Crippen LogP contribution is -2.42. The van der Waals surface area contributed by atoms with Gasteiger partial charge in [0.2, 0.25) is 0 Å². The van der Waals surface area contributed by atoms with Gasteiger partial charge in [-0.05, 0) is 60.1 Å². The molecule has 0 radical (unpaired) electrons. The third-order valence-electron chi connectivity index (χ3n) is 7.36. The molecule has 0 saturated heterocycles. The lowest BCUT2D eigenvalue weighted by molar-refractivity contribution is -0.0322. The number of fused-ring (bicyclic) bond motifs is 5. The number of aliphatic hydroxyl groups is 2. The van der Waals surface area contributed by atoms with Crippen molar-refractivity contribution in [3.05, 3.63) is 56.8 Å². The summed E-state index contributed by atoms with van der Waals surface area (Å²) in [7, 11) is 0. The van der Waals surface area contributed by atoms with Crippen LogP contribution in [0.2, 0.25) is 0 Å². The molecule has 0 fully saturated rings. The predicted molar refractivity (Wildman–Crippen MR) is 143 cm³/mol. The average Bonchev–Trinajstić information content (AvgIpc) is 3.18. The van der Waals surface area contributed by atoms with Crippen molar-refractivity contribution in [3.63, 3.8) is 0 Å². The number of ether oxygens (including phenoxy) is 2. The van der Waals surface area contributed by atoms with E-state index in [1.54, 1.807) is 33.8 Å². The minimum Gasteiger partial charge on any atom is -0.508 e. The third kappa shape index (κ3) is 4.31.